The largest absolute Gasteiger partial charge is 0.416 e. The summed E-state index contributed by atoms with van der Waals surface area (Å²) in [6.45, 7) is 0. The van der Waals surface area contributed by atoms with E-state index in [-0.39, 0.29) is 11.9 Å². The molecule has 0 saturated heterocycles. The predicted molar refractivity (Wildman–Crippen MR) is 99.4 cm³/mol. The van der Waals surface area contributed by atoms with Gasteiger partial charge in [-0.15, -0.1) is 5.10 Å². The Morgan fingerprint density at radius 3 is 2.25 bits per heavy atom. The van der Waals surface area contributed by atoms with E-state index in [1.807, 2.05) is 0 Å². The Morgan fingerprint density at radius 1 is 1.03 bits per heavy atom. The van der Waals surface area contributed by atoms with Crippen molar-refractivity contribution in [1.29, 1.82) is 0 Å². The van der Waals surface area contributed by atoms with Crippen molar-refractivity contribution in [3.8, 4) is 11.4 Å². The number of halogens is 6. The summed E-state index contributed by atoms with van der Waals surface area (Å²) in [6.07, 6.45) is -2.55. The molecule has 2 aromatic heterocycles. The molecule has 0 aliphatic rings. The van der Waals surface area contributed by atoms with Gasteiger partial charge >= 0.3 is 12.4 Å². The van der Waals surface area contributed by atoms with Crippen molar-refractivity contribution >= 4 is 17.9 Å². The summed E-state index contributed by atoms with van der Waals surface area (Å²) in [5, 5.41) is 5.09. The van der Waals surface area contributed by atoms with Crippen LogP contribution < -0.4 is 10.4 Å². The summed E-state index contributed by atoms with van der Waals surface area (Å²) < 4.78 is 79.0. The van der Waals surface area contributed by atoms with Crippen molar-refractivity contribution in [3.05, 3.63) is 60.3 Å². The molecule has 0 unspecified atom stereocenters. The van der Waals surface area contributed by atoms with E-state index in [4.69, 9.17) is 0 Å². The van der Waals surface area contributed by atoms with Crippen molar-refractivity contribution in [2.45, 2.75) is 12.4 Å². The Balaban J connectivity index is 1.79. The number of hydrogen-bond acceptors (Lipinski definition) is 6. The standard InChI is InChI=1S/C18H13F6N7O/c1-30(14-9-25-3-4-26-14)28-15(32)2-5-31-10-27-16(29-31)11-6-12(17(19,20)21)8-13(7-11)18(22,23)24/h2-10H,1H3,(H,28,32). The SMILES string of the molecule is CN(NC(=O)C=Cn1cnc(-c2cc(C(F)(F)F)cc(C(F)(F)F)c2)n1)c1cnccn1. The van der Waals surface area contributed by atoms with Gasteiger partial charge in [0.15, 0.2) is 11.6 Å². The second-order valence-corrected chi connectivity index (χ2v) is 6.26. The number of amides is 1. The number of nitrogens with zero attached hydrogens (tertiary/aromatic N) is 6. The number of alkyl halides is 6. The number of hydrogen-bond donors (Lipinski definition) is 1. The monoisotopic (exact) mass is 457 g/mol. The molecule has 14 heteroatoms. The number of carbonyl (C=O) groups excluding carboxylic acids is 1. The van der Waals surface area contributed by atoms with Crippen molar-refractivity contribution < 1.29 is 31.1 Å². The molecule has 0 aliphatic heterocycles. The highest BCUT2D eigenvalue weighted by Gasteiger charge is 2.37. The van der Waals surface area contributed by atoms with Crippen molar-refractivity contribution in [1.82, 2.24) is 30.2 Å². The highest BCUT2D eigenvalue weighted by molar-refractivity contribution is 5.90. The first-order valence-corrected chi connectivity index (χ1v) is 8.63. The quantitative estimate of drug-likeness (QED) is 0.359. The maximum atomic E-state index is 13.0. The van der Waals surface area contributed by atoms with Gasteiger partial charge in [0.05, 0.1) is 17.3 Å². The molecule has 0 aliphatic carbocycles. The lowest BCUT2D eigenvalue weighted by molar-refractivity contribution is -0.143. The molecule has 1 N–H and O–H groups in total. The zero-order chi connectivity index (χ0) is 23.5. The molecule has 0 fully saturated rings. The van der Waals surface area contributed by atoms with E-state index in [0.717, 1.165) is 23.3 Å². The maximum Gasteiger partial charge on any atom is 0.416 e. The molecule has 1 amide bonds. The molecular formula is C18H13F6N7O. The van der Waals surface area contributed by atoms with Crippen LogP contribution in [0.25, 0.3) is 17.6 Å². The normalized spacial score (nSPS) is 12.2. The third-order valence-electron chi connectivity index (χ3n) is 3.90. The number of nitrogens with one attached hydrogen (secondary N) is 1. The van der Waals surface area contributed by atoms with Gasteiger partial charge in [-0.25, -0.2) is 14.6 Å². The third kappa shape index (κ3) is 5.59. The Labute approximate surface area is 176 Å². The van der Waals surface area contributed by atoms with Crippen LogP contribution in [0.2, 0.25) is 0 Å². The van der Waals surface area contributed by atoms with E-state index < -0.39 is 35.0 Å². The van der Waals surface area contributed by atoms with Gasteiger partial charge in [0.25, 0.3) is 5.91 Å². The topological polar surface area (TPSA) is 88.8 Å². The van der Waals surface area contributed by atoms with Gasteiger partial charge in [-0.3, -0.25) is 20.2 Å². The third-order valence-corrected chi connectivity index (χ3v) is 3.90. The van der Waals surface area contributed by atoms with E-state index in [1.165, 1.54) is 30.6 Å². The summed E-state index contributed by atoms with van der Waals surface area (Å²) in [4.78, 5) is 23.5. The van der Waals surface area contributed by atoms with Gasteiger partial charge in [-0.05, 0) is 18.2 Å². The molecule has 32 heavy (non-hydrogen) atoms. The Kier molecular flexibility index (Phi) is 6.13. The minimum absolute atomic E-state index is 0.0122. The first-order valence-electron chi connectivity index (χ1n) is 8.63. The summed E-state index contributed by atoms with van der Waals surface area (Å²) in [5.41, 5.74) is -1.00. The lowest BCUT2D eigenvalue weighted by Crippen LogP contribution is -2.38. The van der Waals surface area contributed by atoms with E-state index in [9.17, 15) is 31.1 Å². The number of carbonyl (C=O) groups is 1. The Bertz CT molecular complexity index is 1090. The van der Waals surface area contributed by atoms with E-state index in [2.05, 4.69) is 25.5 Å². The summed E-state index contributed by atoms with van der Waals surface area (Å²) in [7, 11) is 1.51. The molecule has 1 aromatic carbocycles. The zero-order valence-electron chi connectivity index (χ0n) is 16.1. The average Bonchev–Trinajstić information content (AvgIpc) is 3.20. The zero-order valence-corrected chi connectivity index (χ0v) is 16.1. The van der Waals surface area contributed by atoms with Gasteiger partial charge in [0, 0.05) is 37.3 Å². The lowest BCUT2D eigenvalue weighted by atomic mass is 10.0. The number of aromatic nitrogens is 5. The number of hydrazine groups is 1. The molecule has 2 heterocycles. The smallest absolute Gasteiger partial charge is 0.270 e. The molecule has 0 saturated carbocycles. The molecule has 0 radical (unpaired) electrons. The van der Waals surface area contributed by atoms with Crippen LogP contribution in [-0.4, -0.2) is 37.7 Å². The van der Waals surface area contributed by atoms with E-state index in [1.54, 1.807) is 0 Å². The Hall–Kier alpha value is -3.97. The number of benzene rings is 1. The second kappa shape index (κ2) is 8.64. The Morgan fingerprint density at radius 2 is 1.69 bits per heavy atom. The number of anilines is 1. The van der Waals surface area contributed by atoms with Crippen LogP contribution >= 0.6 is 0 Å². The summed E-state index contributed by atoms with van der Waals surface area (Å²) in [5.74, 6) is -0.653. The van der Waals surface area contributed by atoms with Gasteiger partial charge < -0.3 is 0 Å². The first-order chi connectivity index (χ1) is 14.9. The van der Waals surface area contributed by atoms with Crippen LogP contribution in [0.5, 0.6) is 0 Å². The molecule has 8 nitrogen and oxygen atoms in total. The molecule has 0 bridgehead atoms. The van der Waals surface area contributed by atoms with Crippen LogP contribution in [0, 0.1) is 0 Å². The highest BCUT2D eigenvalue weighted by Crippen LogP contribution is 2.38. The van der Waals surface area contributed by atoms with Gasteiger partial charge in [0.1, 0.15) is 6.33 Å². The summed E-state index contributed by atoms with van der Waals surface area (Å²) >= 11 is 0. The van der Waals surface area contributed by atoms with Crippen LogP contribution in [0.1, 0.15) is 11.1 Å². The number of rotatable bonds is 5. The van der Waals surface area contributed by atoms with Crippen LogP contribution in [-0.2, 0) is 17.1 Å². The molecule has 0 atom stereocenters. The van der Waals surface area contributed by atoms with Crippen molar-refractivity contribution in [2.75, 3.05) is 12.1 Å². The highest BCUT2D eigenvalue weighted by atomic mass is 19.4. The van der Waals surface area contributed by atoms with Gasteiger partial charge in [-0.2, -0.15) is 26.3 Å². The minimum Gasteiger partial charge on any atom is -0.270 e. The molecule has 3 rings (SSSR count). The second-order valence-electron chi connectivity index (χ2n) is 6.26. The van der Waals surface area contributed by atoms with Crippen LogP contribution in [0.4, 0.5) is 32.2 Å². The predicted octanol–water partition coefficient (Wildman–Crippen LogP) is 3.41. The van der Waals surface area contributed by atoms with Gasteiger partial charge in [0.2, 0.25) is 0 Å². The minimum atomic E-state index is -4.99. The van der Waals surface area contributed by atoms with Crippen molar-refractivity contribution in [2.24, 2.45) is 0 Å². The van der Waals surface area contributed by atoms with E-state index >= 15 is 0 Å². The van der Waals surface area contributed by atoms with Crippen molar-refractivity contribution in [3.63, 3.8) is 0 Å². The first kappa shape index (κ1) is 22.7. The molecule has 168 valence electrons. The molecular weight excluding hydrogens is 444 g/mol. The van der Waals surface area contributed by atoms with Crippen LogP contribution in [0.3, 0.4) is 0 Å². The fourth-order valence-electron chi connectivity index (χ4n) is 2.43. The summed E-state index contributed by atoms with van der Waals surface area (Å²) in [6, 6.07) is 1.04. The molecule has 3 aromatic rings. The van der Waals surface area contributed by atoms with Gasteiger partial charge in [-0.1, -0.05) is 0 Å². The maximum absolute atomic E-state index is 13.0. The lowest BCUT2D eigenvalue weighted by Gasteiger charge is -2.17. The average molecular weight is 457 g/mol. The fraction of sp³-hybridized carbons (Fsp3) is 0.167. The molecule has 0 spiro atoms. The van der Waals surface area contributed by atoms with Crippen LogP contribution in [0.15, 0.2) is 49.2 Å². The fourth-order valence-corrected chi connectivity index (χ4v) is 2.43. The van der Waals surface area contributed by atoms with E-state index in [0.29, 0.717) is 18.0 Å².